The molecule has 11 heteroatoms. The highest BCUT2D eigenvalue weighted by Crippen LogP contribution is 2.29. The molecule has 0 unspecified atom stereocenters. The van der Waals surface area contributed by atoms with Gasteiger partial charge in [0, 0.05) is 46.3 Å². The molecule has 1 aromatic heterocycles. The fourth-order valence-corrected chi connectivity index (χ4v) is 5.04. The minimum atomic E-state index is -0.261. The third kappa shape index (κ3) is 5.62. The van der Waals surface area contributed by atoms with E-state index in [1.807, 2.05) is 12.3 Å². The average Bonchev–Trinajstić information content (AvgIpc) is 2.91. The third-order valence-electron chi connectivity index (χ3n) is 7.39. The van der Waals surface area contributed by atoms with Gasteiger partial charge in [-0.05, 0) is 57.6 Å². The van der Waals surface area contributed by atoms with E-state index in [-0.39, 0.29) is 35.8 Å². The molecule has 1 amide bonds. The highest BCUT2D eigenvalue weighted by Gasteiger charge is 2.33. The number of nitrogens with zero attached hydrogens (tertiary/aromatic N) is 4. The minimum absolute atomic E-state index is 0.0128. The zero-order valence-electron chi connectivity index (χ0n) is 22.0. The molecule has 200 valence electrons. The Labute approximate surface area is 217 Å². The van der Waals surface area contributed by atoms with Crippen molar-refractivity contribution in [1.29, 1.82) is 0 Å². The lowest BCUT2D eigenvalue weighted by molar-refractivity contribution is -0.120. The third-order valence-corrected chi connectivity index (χ3v) is 7.39. The van der Waals surface area contributed by atoms with E-state index in [1.54, 1.807) is 44.9 Å². The molecule has 1 aromatic rings. The van der Waals surface area contributed by atoms with Gasteiger partial charge in [0.05, 0.1) is 23.8 Å². The quantitative estimate of drug-likeness (QED) is 0.362. The summed E-state index contributed by atoms with van der Waals surface area (Å²) in [5.74, 6) is 1.00. The lowest BCUT2D eigenvalue weighted by Gasteiger charge is -2.36. The molecule has 3 N–H and O–H groups in total. The molecule has 2 heterocycles. The number of anilines is 1. The van der Waals surface area contributed by atoms with Crippen LogP contribution in [0.15, 0.2) is 56.5 Å². The van der Waals surface area contributed by atoms with Crippen molar-refractivity contribution in [3.8, 4) is 0 Å². The number of amides is 1. The van der Waals surface area contributed by atoms with Gasteiger partial charge in [-0.2, -0.15) is 10.1 Å². The summed E-state index contributed by atoms with van der Waals surface area (Å²) >= 11 is 0. The Morgan fingerprint density at radius 2 is 2.03 bits per heavy atom. The summed E-state index contributed by atoms with van der Waals surface area (Å²) in [4.78, 5) is 31.1. The Morgan fingerprint density at radius 1 is 1.22 bits per heavy atom. The van der Waals surface area contributed by atoms with Crippen molar-refractivity contribution >= 4 is 24.1 Å². The predicted octanol–water partition coefficient (Wildman–Crippen LogP) is 2.31. The van der Waals surface area contributed by atoms with Crippen molar-refractivity contribution in [3.05, 3.63) is 52.0 Å². The number of hydrogen-bond donors (Lipinski definition) is 3. The number of nitrogens with one attached hydrogen (secondary N) is 3. The SMILES string of the molecule is C=NN1C(NC)=CC(Nc2cccn([C@@H]3CCC[C@H](OC)C3)c2=O)=N/C1=C(/C)C(=O)N[C@H]1CC[C@@H]1OC. The van der Waals surface area contributed by atoms with Crippen LogP contribution in [0.1, 0.15) is 51.5 Å². The van der Waals surface area contributed by atoms with E-state index in [2.05, 4.69) is 32.8 Å². The van der Waals surface area contributed by atoms with Crippen LogP contribution in [-0.4, -0.2) is 67.6 Å². The van der Waals surface area contributed by atoms with E-state index in [9.17, 15) is 9.59 Å². The average molecular weight is 512 g/mol. The van der Waals surface area contributed by atoms with Gasteiger partial charge in [0.2, 0.25) is 0 Å². The van der Waals surface area contributed by atoms with E-state index >= 15 is 0 Å². The highest BCUT2D eigenvalue weighted by molar-refractivity contribution is 6.06. The maximum absolute atomic E-state index is 13.4. The molecule has 3 aliphatic rings. The normalized spacial score (nSPS) is 26.9. The Balaban J connectivity index is 1.61. The van der Waals surface area contributed by atoms with Gasteiger partial charge in [-0.3, -0.25) is 9.59 Å². The van der Waals surface area contributed by atoms with Crippen molar-refractivity contribution in [3.63, 3.8) is 0 Å². The van der Waals surface area contributed by atoms with Crippen LogP contribution in [-0.2, 0) is 14.3 Å². The van der Waals surface area contributed by atoms with Crippen LogP contribution in [0.2, 0.25) is 0 Å². The van der Waals surface area contributed by atoms with E-state index in [0.29, 0.717) is 28.7 Å². The summed E-state index contributed by atoms with van der Waals surface area (Å²) < 4.78 is 12.7. The van der Waals surface area contributed by atoms with Crippen LogP contribution in [0, 0.1) is 0 Å². The molecule has 0 aromatic carbocycles. The Bertz CT molecular complexity index is 1170. The molecule has 0 radical (unpaired) electrons. The van der Waals surface area contributed by atoms with Crippen molar-refractivity contribution in [2.75, 3.05) is 26.6 Å². The van der Waals surface area contributed by atoms with Crippen molar-refractivity contribution in [1.82, 2.24) is 20.2 Å². The number of aliphatic imine (C=N–C) groups is 1. The van der Waals surface area contributed by atoms with Crippen LogP contribution in [0.25, 0.3) is 0 Å². The van der Waals surface area contributed by atoms with Gasteiger partial charge in [-0.1, -0.05) is 0 Å². The second-order valence-electron chi connectivity index (χ2n) is 9.55. The van der Waals surface area contributed by atoms with E-state index in [4.69, 9.17) is 9.47 Å². The van der Waals surface area contributed by atoms with Gasteiger partial charge >= 0.3 is 0 Å². The number of ether oxygens (including phenoxy) is 2. The number of carbonyl (C=O) groups is 1. The Kier molecular flexibility index (Phi) is 8.45. The standard InChI is InChI=1S/C26H37N7O4/c1-16(25(34)30-19-11-12-21(19)37-5)24-31-22(15-23(27-2)33(24)28-3)29-20-10-7-13-32(26(20)35)17-8-6-9-18(14-17)36-4/h7,10,13,15,17-19,21,27H,3,6,8-9,11-12,14H2,1-2,4-5H3,(H,29,31)(H,30,34)/b24-16+/t17-,18+,19+,21+/m1/s1. The zero-order valence-corrected chi connectivity index (χ0v) is 22.0. The lowest BCUT2D eigenvalue weighted by atomic mass is 9.89. The topological polar surface area (TPSA) is 122 Å². The number of pyridine rings is 1. The first kappa shape index (κ1) is 26.6. The van der Waals surface area contributed by atoms with Crippen LogP contribution >= 0.6 is 0 Å². The molecular formula is C26H37N7O4. The molecule has 0 bridgehead atoms. The maximum Gasteiger partial charge on any atom is 0.274 e. The maximum atomic E-state index is 13.4. The fourth-order valence-electron chi connectivity index (χ4n) is 5.04. The largest absolute Gasteiger partial charge is 0.381 e. The molecule has 37 heavy (non-hydrogen) atoms. The first-order valence-corrected chi connectivity index (χ1v) is 12.7. The highest BCUT2D eigenvalue weighted by atomic mass is 16.5. The summed E-state index contributed by atoms with van der Waals surface area (Å²) in [6.45, 7) is 5.33. The van der Waals surface area contributed by atoms with Gasteiger partial charge in [0.15, 0.2) is 5.82 Å². The monoisotopic (exact) mass is 511 g/mol. The molecule has 4 atom stereocenters. The molecule has 11 nitrogen and oxygen atoms in total. The molecular weight excluding hydrogens is 474 g/mol. The van der Waals surface area contributed by atoms with Gasteiger partial charge in [-0.15, -0.1) is 0 Å². The molecule has 0 saturated heterocycles. The summed E-state index contributed by atoms with van der Waals surface area (Å²) in [5.41, 5.74) is 0.630. The number of hydrazone groups is 1. The molecule has 0 spiro atoms. The van der Waals surface area contributed by atoms with Gasteiger partial charge < -0.3 is 30.0 Å². The number of hydrogen-bond acceptors (Lipinski definition) is 9. The van der Waals surface area contributed by atoms with Gasteiger partial charge in [0.1, 0.15) is 17.3 Å². The zero-order chi connectivity index (χ0) is 26.5. The van der Waals surface area contributed by atoms with E-state index < -0.39 is 0 Å². The summed E-state index contributed by atoms with van der Waals surface area (Å²) in [6, 6.07) is 3.62. The van der Waals surface area contributed by atoms with Crippen molar-refractivity contribution < 1.29 is 14.3 Å². The second-order valence-corrected chi connectivity index (χ2v) is 9.55. The van der Waals surface area contributed by atoms with Crippen LogP contribution in [0.4, 0.5) is 5.69 Å². The molecule has 2 aliphatic carbocycles. The number of aromatic nitrogens is 1. The number of rotatable bonds is 8. The van der Waals surface area contributed by atoms with Crippen LogP contribution < -0.4 is 21.5 Å². The van der Waals surface area contributed by atoms with Crippen LogP contribution in [0.5, 0.6) is 0 Å². The smallest absolute Gasteiger partial charge is 0.274 e. The molecule has 2 saturated carbocycles. The fraction of sp³-hybridized carbons (Fsp3) is 0.538. The predicted molar refractivity (Wildman–Crippen MR) is 143 cm³/mol. The van der Waals surface area contributed by atoms with Gasteiger partial charge in [-0.25, -0.2) is 4.99 Å². The summed E-state index contributed by atoms with van der Waals surface area (Å²) in [6.07, 6.45) is 9.24. The van der Waals surface area contributed by atoms with Crippen molar-refractivity contribution in [2.24, 2.45) is 10.1 Å². The Morgan fingerprint density at radius 3 is 2.68 bits per heavy atom. The molecule has 2 fully saturated rings. The number of carbonyl (C=O) groups excluding carboxylic acids is 1. The van der Waals surface area contributed by atoms with E-state index in [0.717, 1.165) is 38.5 Å². The first-order chi connectivity index (χ1) is 17.9. The van der Waals surface area contributed by atoms with Crippen molar-refractivity contribution in [2.45, 2.75) is 69.7 Å². The number of amidine groups is 1. The summed E-state index contributed by atoms with van der Waals surface area (Å²) in [5, 5.41) is 14.8. The summed E-state index contributed by atoms with van der Waals surface area (Å²) in [7, 11) is 5.10. The lowest BCUT2D eigenvalue weighted by Crippen LogP contribution is -2.51. The minimum Gasteiger partial charge on any atom is -0.381 e. The second kappa shape index (κ2) is 11.7. The van der Waals surface area contributed by atoms with E-state index in [1.165, 1.54) is 5.01 Å². The molecule has 4 rings (SSSR count). The molecule has 1 aliphatic heterocycles. The first-order valence-electron chi connectivity index (χ1n) is 12.7. The Hall–Kier alpha value is -3.44. The van der Waals surface area contributed by atoms with Crippen LogP contribution in [0.3, 0.4) is 0 Å². The van der Waals surface area contributed by atoms with Gasteiger partial charge in [0.25, 0.3) is 11.5 Å². The number of methoxy groups -OCH3 is 2.